The lowest BCUT2D eigenvalue weighted by atomic mass is 9.90. The van der Waals surface area contributed by atoms with Gasteiger partial charge in [-0.25, -0.2) is 0 Å². The van der Waals surface area contributed by atoms with Crippen LogP contribution in [-0.4, -0.2) is 52.4 Å². The van der Waals surface area contributed by atoms with Crippen molar-refractivity contribution in [3.05, 3.63) is 17.7 Å². The zero-order valence-corrected chi connectivity index (χ0v) is 15.0. The van der Waals surface area contributed by atoms with Crippen molar-refractivity contribution in [2.75, 3.05) is 47.5 Å². The standard InChI is InChI=1S/C18H30N2O3/c1-6-13(2)17(20-9-7-19-8-10-20)14-11-15(21-3)18(23-5)16(12-14)22-4/h11-13,17,19H,6-10H2,1-5H3/t13?,17-/m1/s1. The minimum Gasteiger partial charge on any atom is -0.493 e. The molecule has 130 valence electrons. The number of benzene rings is 1. The smallest absolute Gasteiger partial charge is 0.203 e. The Morgan fingerprint density at radius 3 is 2.04 bits per heavy atom. The molecule has 1 aliphatic heterocycles. The predicted molar refractivity (Wildman–Crippen MR) is 92.7 cm³/mol. The van der Waals surface area contributed by atoms with Crippen LogP contribution in [0.2, 0.25) is 0 Å². The highest BCUT2D eigenvalue weighted by Gasteiger charge is 2.28. The molecule has 1 aliphatic rings. The molecule has 1 heterocycles. The molecule has 1 aromatic carbocycles. The maximum absolute atomic E-state index is 5.53. The highest BCUT2D eigenvalue weighted by atomic mass is 16.5. The number of nitrogens with zero attached hydrogens (tertiary/aromatic N) is 1. The van der Waals surface area contributed by atoms with Crippen LogP contribution in [0, 0.1) is 5.92 Å². The second kappa shape index (κ2) is 8.41. The van der Waals surface area contributed by atoms with Gasteiger partial charge in [0.25, 0.3) is 0 Å². The lowest BCUT2D eigenvalue weighted by Crippen LogP contribution is -2.46. The first-order chi connectivity index (χ1) is 11.2. The van der Waals surface area contributed by atoms with Gasteiger partial charge in [0, 0.05) is 32.2 Å². The van der Waals surface area contributed by atoms with Crippen molar-refractivity contribution in [1.29, 1.82) is 0 Å². The SMILES string of the molecule is CCC(C)[C@H](c1cc(OC)c(OC)c(OC)c1)N1CCNCC1. The van der Waals surface area contributed by atoms with Crippen LogP contribution in [0.5, 0.6) is 17.2 Å². The van der Waals surface area contributed by atoms with Gasteiger partial charge in [-0.3, -0.25) is 4.90 Å². The fraction of sp³-hybridized carbons (Fsp3) is 0.667. The van der Waals surface area contributed by atoms with Crippen molar-refractivity contribution in [1.82, 2.24) is 10.2 Å². The Labute approximate surface area is 139 Å². The Kier molecular flexibility index (Phi) is 6.54. The van der Waals surface area contributed by atoms with Crippen LogP contribution < -0.4 is 19.5 Å². The van der Waals surface area contributed by atoms with Gasteiger partial charge in [-0.1, -0.05) is 20.3 Å². The zero-order chi connectivity index (χ0) is 16.8. The van der Waals surface area contributed by atoms with Crippen molar-refractivity contribution in [3.8, 4) is 17.2 Å². The summed E-state index contributed by atoms with van der Waals surface area (Å²) in [6, 6.07) is 4.55. The number of methoxy groups -OCH3 is 3. The number of piperazine rings is 1. The Morgan fingerprint density at radius 1 is 1.04 bits per heavy atom. The molecule has 1 aromatic rings. The van der Waals surface area contributed by atoms with E-state index in [1.54, 1.807) is 21.3 Å². The van der Waals surface area contributed by atoms with Crippen LogP contribution in [0.15, 0.2) is 12.1 Å². The average Bonchev–Trinajstić information content (AvgIpc) is 2.61. The molecule has 5 heteroatoms. The Balaban J connectivity index is 2.44. The van der Waals surface area contributed by atoms with Gasteiger partial charge >= 0.3 is 0 Å². The summed E-state index contributed by atoms with van der Waals surface area (Å²) in [5, 5.41) is 3.43. The molecule has 1 fully saturated rings. The second-order valence-electron chi connectivity index (χ2n) is 6.08. The van der Waals surface area contributed by atoms with Gasteiger partial charge in [0.2, 0.25) is 5.75 Å². The number of rotatable bonds is 7. The van der Waals surface area contributed by atoms with E-state index in [4.69, 9.17) is 14.2 Å². The van der Waals surface area contributed by atoms with Crippen molar-refractivity contribution in [2.24, 2.45) is 5.92 Å². The largest absolute Gasteiger partial charge is 0.493 e. The van der Waals surface area contributed by atoms with E-state index in [1.165, 1.54) is 5.56 Å². The molecule has 0 bridgehead atoms. The Hall–Kier alpha value is -1.46. The second-order valence-corrected chi connectivity index (χ2v) is 6.08. The predicted octanol–water partition coefficient (Wildman–Crippen LogP) is 2.70. The molecule has 0 aliphatic carbocycles. The van der Waals surface area contributed by atoms with E-state index in [2.05, 4.69) is 36.2 Å². The third-order valence-corrected chi connectivity index (χ3v) is 4.76. The average molecular weight is 322 g/mol. The molecule has 23 heavy (non-hydrogen) atoms. The Bertz CT molecular complexity index is 476. The summed E-state index contributed by atoms with van der Waals surface area (Å²) >= 11 is 0. The van der Waals surface area contributed by atoms with E-state index in [-0.39, 0.29) is 0 Å². The van der Waals surface area contributed by atoms with Crippen molar-refractivity contribution < 1.29 is 14.2 Å². The van der Waals surface area contributed by atoms with E-state index in [1.807, 2.05) is 0 Å². The minimum atomic E-state index is 0.357. The maximum atomic E-state index is 5.53. The van der Waals surface area contributed by atoms with Gasteiger partial charge in [-0.05, 0) is 23.6 Å². The van der Waals surface area contributed by atoms with Crippen molar-refractivity contribution in [3.63, 3.8) is 0 Å². The first-order valence-corrected chi connectivity index (χ1v) is 8.40. The minimum absolute atomic E-state index is 0.357. The highest BCUT2D eigenvalue weighted by molar-refractivity contribution is 5.54. The van der Waals surface area contributed by atoms with E-state index >= 15 is 0 Å². The first-order valence-electron chi connectivity index (χ1n) is 8.40. The van der Waals surface area contributed by atoms with E-state index in [0.29, 0.717) is 17.7 Å². The number of ether oxygens (including phenoxy) is 3. The normalized spacial score (nSPS) is 18.3. The van der Waals surface area contributed by atoms with Crippen LogP contribution >= 0.6 is 0 Å². The topological polar surface area (TPSA) is 43.0 Å². The number of hydrogen-bond acceptors (Lipinski definition) is 5. The summed E-state index contributed by atoms with van der Waals surface area (Å²) in [6.45, 7) is 8.76. The molecule has 1 N–H and O–H groups in total. The number of hydrogen-bond donors (Lipinski definition) is 1. The molecule has 2 rings (SSSR count). The van der Waals surface area contributed by atoms with Gasteiger partial charge in [-0.2, -0.15) is 0 Å². The van der Waals surface area contributed by atoms with Crippen LogP contribution in [-0.2, 0) is 0 Å². The molecule has 0 amide bonds. The molecule has 0 saturated carbocycles. The number of nitrogens with one attached hydrogen (secondary N) is 1. The first kappa shape index (κ1) is 17.9. The van der Waals surface area contributed by atoms with Crippen molar-refractivity contribution in [2.45, 2.75) is 26.3 Å². The van der Waals surface area contributed by atoms with E-state index < -0.39 is 0 Å². The van der Waals surface area contributed by atoms with Gasteiger partial charge < -0.3 is 19.5 Å². The molecule has 0 aromatic heterocycles. The van der Waals surface area contributed by atoms with Crippen LogP contribution in [0.4, 0.5) is 0 Å². The molecular formula is C18H30N2O3. The van der Waals surface area contributed by atoms with E-state index in [0.717, 1.165) is 44.1 Å². The van der Waals surface area contributed by atoms with Gasteiger partial charge in [0.05, 0.1) is 21.3 Å². The van der Waals surface area contributed by atoms with Gasteiger partial charge in [0.15, 0.2) is 11.5 Å². The fourth-order valence-electron chi connectivity index (χ4n) is 3.35. The summed E-state index contributed by atoms with van der Waals surface area (Å²) in [5.41, 5.74) is 1.23. The van der Waals surface area contributed by atoms with Gasteiger partial charge in [0.1, 0.15) is 0 Å². The molecule has 1 saturated heterocycles. The molecule has 5 nitrogen and oxygen atoms in total. The van der Waals surface area contributed by atoms with Crippen LogP contribution in [0.1, 0.15) is 31.9 Å². The fourth-order valence-corrected chi connectivity index (χ4v) is 3.35. The lowest BCUT2D eigenvalue weighted by molar-refractivity contribution is 0.128. The Morgan fingerprint density at radius 2 is 1.61 bits per heavy atom. The lowest BCUT2D eigenvalue weighted by Gasteiger charge is -2.38. The summed E-state index contributed by atoms with van der Waals surface area (Å²) in [6.07, 6.45) is 1.13. The van der Waals surface area contributed by atoms with Crippen LogP contribution in [0.3, 0.4) is 0 Å². The maximum Gasteiger partial charge on any atom is 0.203 e. The molecule has 0 radical (unpaired) electrons. The third-order valence-electron chi connectivity index (χ3n) is 4.76. The molecular weight excluding hydrogens is 292 g/mol. The summed E-state index contributed by atoms with van der Waals surface area (Å²) in [4.78, 5) is 2.56. The van der Waals surface area contributed by atoms with E-state index in [9.17, 15) is 0 Å². The van der Waals surface area contributed by atoms with Crippen molar-refractivity contribution >= 4 is 0 Å². The quantitative estimate of drug-likeness (QED) is 0.836. The highest BCUT2D eigenvalue weighted by Crippen LogP contribution is 2.42. The molecule has 1 unspecified atom stereocenters. The summed E-state index contributed by atoms with van der Waals surface area (Å²) in [5.74, 6) is 2.66. The summed E-state index contributed by atoms with van der Waals surface area (Å²) < 4.78 is 16.5. The van der Waals surface area contributed by atoms with Crippen LogP contribution in [0.25, 0.3) is 0 Å². The molecule has 0 spiro atoms. The van der Waals surface area contributed by atoms with Gasteiger partial charge in [-0.15, -0.1) is 0 Å². The zero-order valence-electron chi connectivity index (χ0n) is 15.0. The summed E-state index contributed by atoms with van der Waals surface area (Å²) in [7, 11) is 4.98. The third kappa shape index (κ3) is 3.90. The molecule has 2 atom stereocenters. The monoisotopic (exact) mass is 322 g/mol.